The maximum atomic E-state index is 12.8. The van der Waals surface area contributed by atoms with Crippen molar-refractivity contribution in [3.8, 4) is 0 Å². The van der Waals surface area contributed by atoms with Gasteiger partial charge in [-0.1, -0.05) is 252 Å². The molecule has 1 atom stereocenters. The lowest BCUT2D eigenvalue weighted by atomic mass is 10.0. The summed E-state index contributed by atoms with van der Waals surface area (Å²) in [5.41, 5.74) is 0. The van der Waals surface area contributed by atoms with Gasteiger partial charge in [0.05, 0.1) is 6.42 Å². The summed E-state index contributed by atoms with van der Waals surface area (Å²) in [5, 5.41) is 0. The zero-order chi connectivity index (χ0) is 51.4. The molecule has 404 valence electrons. The van der Waals surface area contributed by atoms with Crippen LogP contribution in [0.4, 0.5) is 0 Å². The van der Waals surface area contributed by atoms with E-state index < -0.39 is 12.1 Å². The van der Waals surface area contributed by atoms with Crippen molar-refractivity contribution >= 4 is 17.9 Å². The molecule has 6 nitrogen and oxygen atoms in total. The van der Waals surface area contributed by atoms with Crippen molar-refractivity contribution in [3.63, 3.8) is 0 Å². The number of carbonyl (C=O) groups excluding carboxylic acids is 3. The first kappa shape index (κ1) is 67.1. The molecule has 0 aromatic rings. The van der Waals surface area contributed by atoms with E-state index in [1.165, 1.54) is 128 Å². The summed E-state index contributed by atoms with van der Waals surface area (Å²) in [6.07, 6.45) is 79.9. The molecule has 0 fully saturated rings. The minimum Gasteiger partial charge on any atom is -0.462 e. The van der Waals surface area contributed by atoms with Gasteiger partial charge in [-0.05, 0) is 103 Å². The van der Waals surface area contributed by atoms with Gasteiger partial charge in [0.25, 0.3) is 0 Å². The molecule has 0 heterocycles. The van der Waals surface area contributed by atoms with Crippen molar-refractivity contribution in [2.45, 2.75) is 271 Å². The average molecular weight is 986 g/mol. The molecular weight excluding hydrogens is 877 g/mol. The quantitative estimate of drug-likeness (QED) is 0.0261. The third-order valence-electron chi connectivity index (χ3n) is 12.3. The van der Waals surface area contributed by atoms with Crippen LogP contribution in [0.1, 0.15) is 265 Å². The number of hydrogen-bond donors (Lipinski definition) is 0. The van der Waals surface area contributed by atoms with Crippen LogP contribution in [0.15, 0.2) is 109 Å². The summed E-state index contributed by atoms with van der Waals surface area (Å²) in [7, 11) is 0. The van der Waals surface area contributed by atoms with E-state index in [4.69, 9.17) is 14.2 Å². The van der Waals surface area contributed by atoms with Crippen LogP contribution in [0.25, 0.3) is 0 Å². The summed E-state index contributed by atoms with van der Waals surface area (Å²) in [6.45, 7) is 6.31. The molecule has 0 saturated heterocycles. The molecule has 0 aliphatic rings. The summed E-state index contributed by atoms with van der Waals surface area (Å²) < 4.78 is 16.7. The number of hydrogen-bond acceptors (Lipinski definition) is 6. The van der Waals surface area contributed by atoms with Gasteiger partial charge < -0.3 is 14.2 Å². The highest BCUT2D eigenvalue weighted by Crippen LogP contribution is 2.15. The van der Waals surface area contributed by atoms with Gasteiger partial charge in [0, 0.05) is 12.8 Å². The van der Waals surface area contributed by atoms with Crippen LogP contribution in [-0.4, -0.2) is 37.2 Å². The third kappa shape index (κ3) is 56.9. The molecule has 0 rings (SSSR count). The minimum atomic E-state index is -0.846. The van der Waals surface area contributed by atoms with Gasteiger partial charge in [0.2, 0.25) is 0 Å². The van der Waals surface area contributed by atoms with Gasteiger partial charge in [0.1, 0.15) is 13.2 Å². The Hall–Kier alpha value is -3.93. The normalized spacial score (nSPS) is 12.9. The highest BCUT2D eigenvalue weighted by atomic mass is 16.6. The molecule has 71 heavy (non-hydrogen) atoms. The van der Waals surface area contributed by atoms with Crippen LogP contribution >= 0.6 is 0 Å². The Balaban J connectivity index is 4.37. The lowest BCUT2D eigenvalue weighted by Gasteiger charge is -2.18. The molecular formula is C65H108O6. The molecule has 0 aromatic carbocycles. The van der Waals surface area contributed by atoms with Crippen molar-refractivity contribution in [2.75, 3.05) is 13.2 Å². The molecule has 0 spiro atoms. The van der Waals surface area contributed by atoms with Gasteiger partial charge in [-0.25, -0.2) is 0 Å². The van der Waals surface area contributed by atoms with E-state index in [0.717, 1.165) is 89.9 Å². The van der Waals surface area contributed by atoms with Gasteiger partial charge in [0.15, 0.2) is 6.10 Å². The van der Waals surface area contributed by atoms with Crippen molar-refractivity contribution in [1.82, 2.24) is 0 Å². The standard InChI is InChI=1S/C65H108O6/c1-4-7-10-13-16-19-22-25-27-28-29-30-31-32-33-34-35-36-38-40-43-46-49-52-55-58-64(67)70-61-62(60-69-63(66)57-54-51-48-45-42-39-24-21-18-15-12-9-6-3)71-65(68)59-56-53-50-47-44-41-37-26-23-20-17-14-11-8-5-2/h8-9,11-12,17-18,20-21,26,28-29,37,39,42,44,47,53,56,62H,4-7,10,13-16,19,22-25,27,30-36,38,40-41,43,45-46,48-52,54-55,57-61H2,1-3H3/b11-8-,12-9-,20-17-,21-18-,29-28-,37-26-,42-39-,47-44-,56-53-. The molecule has 0 bridgehead atoms. The van der Waals surface area contributed by atoms with E-state index in [1.807, 2.05) is 6.08 Å². The summed E-state index contributed by atoms with van der Waals surface area (Å²) in [6, 6.07) is 0. The Morgan fingerprint density at radius 3 is 0.958 bits per heavy atom. The Bertz CT molecular complexity index is 1460. The van der Waals surface area contributed by atoms with E-state index in [1.54, 1.807) is 6.08 Å². The third-order valence-corrected chi connectivity index (χ3v) is 12.3. The first-order valence-corrected chi connectivity index (χ1v) is 29.4. The smallest absolute Gasteiger partial charge is 0.310 e. The number of carbonyl (C=O) groups is 3. The fourth-order valence-electron chi connectivity index (χ4n) is 7.94. The number of rotatable bonds is 52. The molecule has 0 aliphatic carbocycles. The first-order valence-electron chi connectivity index (χ1n) is 29.4. The van der Waals surface area contributed by atoms with Crippen molar-refractivity contribution in [3.05, 3.63) is 109 Å². The highest BCUT2D eigenvalue weighted by Gasteiger charge is 2.19. The average Bonchev–Trinajstić information content (AvgIpc) is 3.37. The molecule has 6 heteroatoms. The van der Waals surface area contributed by atoms with Crippen LogP contribution in [0, 0.1) is 0 Å². The van der Waals surface area contributed by atoms with Gasteiger partial charge in [-0.15, -0.1) is 0 Å². The number of allylic oxidation sites excluding steroid dienone is 17. The maximum Gasteiger partial charge on any atom is 0.310 e. The predicted molar refractivity (Wildman–Crippen MR) is 307 cm³/mol. The lowest BCUT2D eigenvalue weighted by molar-refractivity contribution is -0.166. The van der Waals surface area contributed by atoms with Crippen LogP contribution < -0.4 is 0 Å². The summed E-state index contributed by atoms with van der Waals surface area (Å²) in [4.78, 5) is 38.1. The topological polar surface area (TPSA) is 78.9 Å². The molecule has 0 saturated carbocycles. The van der Waals surface area contributed by atoms with Crippen LogP contribution in [0.2, 0.25) is 0 Å². The zero-order valence-electron chi connectivity index (χ0n) is 46.2. The largest absolute Gasteiger partial charge is 0.462 e. The van der Waals surface area contributed by atoms with E-state index in [-0.39, 0.29) is 31.6 Å². The SMILES string of the molecule is CC/C=C\C/C=C\C/C=C\C/C=C\C/C=C\CC(=O)OC(COC(=O)CCCCC/C=C\C/C=C\C/C=C\CC)COC(=O)CCCCCCCCCCCCCCC/C=C\CCCCCCCCCC. The van der Waals surface area contributed by atoms with Gasteiger partial charge in [-0.3, -0.25) is 14.4 Å². The van der Waals surface area contributed by atoms with Crippen molar-refractivity contribution in [2.24, 2.45) is 0 Å². The van der Waals surface area contributed by atoms with Crippen molar-refractivity contribution < 1.29 is 28.6 Å². The molecule has 0 amide bonds. The number of ether oxygens (including phenoxy) is 3. The number of unbranched alkanes of at least 4 members (excludes halogenated alkanes) is 24. The molecule has 0 N–H and O–H groups in total. The predicted octanol–water partition coefficient (Wildman–Crippen LogP) is 19.9. The van der Waals surface area contributed by atoms with Crippen LogP contribution in [0.3, 0.4) is 0 Å². The molecule has 0 radical (unpaired) electrons. The zero-order valence-corrected chi connectivity index (χ0v) is 46.2. The minimum absolute atomic E-state index is 0.0880. The van der Waals surface area contributed by atoms with Gasteiger partial charge in [-0.2, -0.15) is 0 Å². The lowest BCUT2D eigenvalue weighted by Crippen LogP contribution is -2.30. The second-order valence-electron chi connectivity index (χ2n) is 19.2. The second kappa shape index (κ2) is 58.6. The monoisotopic (exact) mass is 985 g/mol. The Kier molecular flexibility index (Phi) is 55.4. The van der Waals surface area contributed by atoms with Crippen LogP contribution in [0.5, 0.6) is 0 Å². The van der Waals surface area contributed by atoms with E-state index in [0.29, 0.717) is 19.3 Å². The maximum absolute atomic E-state index is 12.8. The second-order valence-corrected chi connectivity index (χ2v) is 19.2. The fourth-order valence-corrected chi connectivity index (χ4v) is 7.94. The Morgan fingerprint density at radius 2 is 0.592 bits per heavy atom. The Morgan fingerprint density at radius 1 is 0.310 bits per heavy atom. The van der Waals surface area contributed by atoms with E-state index in [9.17, 15) is 14.4 Å². The van der Waals surface area contributed by atoms with E-state index in [2.05, 4.69) is 118 Å². The summed E-state index contributed by atoms with van der Waals surface area (Å²) in [5.74, 6) is -1.09. The van der Waals surface area contributed by atoms with Gasteiger partial charge >= 0.3 is 17.9 Å². The number of esters is 3. The van der Waals surface area contributed by atoms with E-state index >= 15 is 0 Å². The molecule has 1 unspecified atom stereocenters. The summed E-state index contributed by atoms with van der Waals surface area (Å²) >= 11 is 0. The fraction of sp³-hybridized carbons (Fsp3) is 0.677. The van der Waals surface area contributed by atoms with Crippen molar-refractivity contribution in [1.29, 1.82) is 0 Å². The molecule has 0 aliphatic heterocycles. The van der Waals surface area contributed by atoms with Crippen LogP contribution in [-0.2, 0) is 28.6 Å². The highest BCUT2D eigenvalue weighted by molar-refractivity contribution is 5.72. The first-order chi connectivity index (χ1) is 35.0. The Labute approximate surface area is 438 Å². The molecule has 0 aromatic heterocycles.